The second-order valence-corrected chi connectivity index (χ2v) is 25.2. The van der Waals surface area contributed by atoms with Gasteiger partial charge in [-0.15, -0.1) is 0 Å². The number of ether oxygens (including phenoxy) is 4. The first-order chi connectivity index (χ1) is 40.9. The molecule has 5 N–H and O–H groups in total. The number of likely N-dealkylation sites (N-methyl/N-ethyl adjacent to an activating group) is 1. The molecular formula is C63H81Cl2FN6O14S. The minimum Gasteiger partial charge on any atom is -0.462 e. The monoisotopic (exact) mass is 1270 g/mol. The van der Waals surface area contributed by atoms with Crippen LogP contribution < -0.4 is 21.3 Å². The number of carbonyl (C=O) groups is 9. The lowest BCUT2D eigenvalue weighted by molar-refractivity contribution is -0.187. The number of halogens is 3. The van der Waals surface area contributed by atoms with Gasteiger partial charge in [0, 0.05) is 71.1 Å². The van der Waals surface area contributed by atoms with Crippen molar-refractivity contribution < 1.29 is 71.6 Å². The second-order valence-electron chi connectivity index (χ2n) is 23.9. The second kappa shape index (κ2) is 30.2. The van der Waals surface area contributed by atoms with Crippen LogP contribution in [0.25, 0.3) is 0 Å². The molecule has 0 saturated carbocycles. The van der Waals surface area contributed by atoms with Crippen molar-refractivity contribution in [3.8, 4) is 0 Å². The molecule has 4 aliphatic heterocycles. The molecular weight excluding hydrogens is 1190 g/mol. The van der Waals surface area contributed by atoms with E-state index in [2.05, 4.69) is 10.6 Å². The van der Waals surface area contributed by atoms with Crippen LogP contribution >= 0.6 is 35.4 Å². The number of aryl methyl sites for hydroxylation is 1. The lowest BCUT2D eigenvalue weighted by Gasteiger charge is -2.41. The molecule has 0 radical (unpaired) electrons. The number of imide groups is 1. The maximum atomic E-state index is 16.3. The summed E-state index contributed by atoms with van der Waals surface area (Å²) in [6, 6.07) is 2.34. The molecule has 4 aliphatic rings. The van der Waals surface area contributed by atoms with Gasteiger partial charge in [-0.25, -0.2) is 14.0 Å². The number of primary amides is 1. The van der Waals surface area contributed by atoms with Gasteiger partial charge in [-0.2, -0.15) is 0 Å². The summed E-state index contributed by atoms with van der Waals surface area (Å²) < 4.78 is 40.4. The number of urea groups is 1. The number of nitrogens with zero attached hydrogens (tertiary/aromatic N) is 3. The molecule has 0 aromatic heterocycles. The summed E-state index contributed by atoms with van der Waals surface area (Å²) in [6.07, 6.45) is 5.86. The topological polar surface area (TPSA) is 274 Å². The minimum absolute atomic E-state index is 0.0340. The highest BCUT2D eigenvalue weighted by molar-refractivity contribution is 7.80. The van der Waals surface area contributed by atoms with Crippen molar-refractivity contribution in [1.82, 2.24) is 20.4 Å². The molecule has 2 aromatic carbocycles. The number of carbonyl (C=O) groups excluding carboxylic acids is 9. The van der Waals surface area contributed by atoms with Crippen LogP contribution in [0.3, 0.4) is 0 Å². The van der Waals surface area contributed by atoms with E-state index in [-0.39, 0.29) is 79.1 Å². The van der Waals surface area contributed by atoms with Gasteiger partial charge in [-0.05, 0) is 118 Å². The number of unbranched alkanes of at least 4 members (excludes halogenated alkanes) is 2. The molecule has 0 unspecified atom stereocenters. The number of thiocarbonyl (C=S) groups is 1. The number of Topliss-reactive ketones (excluding diaryl/α,β-unsaturated/α-hetero) is 1. The van der Waals surface area contributed by atoms with Crippen LogP contribution in [0.1, 0.15) is 133 Å². The van der Waals surface area contributed by atoms with E-state index in [1.165, 1.54) is 43.0 Å². The number of ketones is 1. The number of fused-ring (bicyclic) bond motifs is 5. The molecule has 24 heteroatoms. The van der Waals surface area contributed by atoms with Crippen molar-refractivity contribution in [2.45, 2.75) is 173 Å². The molecule has 474 valence electrons. The Bertz CT molecular complexity index is 3080. The van der Waals surface area contributed by atoms with Crippen LogP contribution in [0.5, 0.6) is 0 Å². The number of nitrogens with one attached hydrogen (secondary N) is 2. The molecule has 2 saturated heterocycles. The van der Waals surface area contributed by atoms with Crippen molar-refractivity contribution in [2.75, 3.05) is 39.2 Å². The quantitative estimate of drug-likeness (QED) is 0.0272. The Morgan fingerprint density at radius 1 is 1.01 bits per heavy atom. The van der Waals surface area contributed by atoms with E-state index in [0.717, 1.165) is 28.2 Å². The SMILES string of the molecule is CO[C@@H]1/C=C/C=C(\C)Cc2cc(C)c(Cl)c(c2)N(C)C(=O)C[C@H](OC(=O)[C@H](C)N(C)C(=O)c2cc(F)c(CC(=O)[C@H](CCCNC(N)=O)NC(=O)[C@@H](CC(=S)CCCCCN3C(=O)C=CC3=O)C(C)C)cc2Cl)[C@]2(C)O[C@H]2[C@H](C)[C@@H]2C[C@@]1(O)CC(=O)O2. The Morgan fingerprint density at radius 2 is 1.70 bits per heavy atom. The number of methoxy groups -OCH3 is 1. The zero-order valence-corrected chi connectivity index (χ0v) is 53.3. The fourth-order valence-corrected chi connectivity index (χ4v) is 12.2. The molecule has 6 rings (SSSR count). The summed E-state index contributed by atoms with van der Waals surface area (Å²) in [5.74, 6) is -7.27. The molecule has 2 aromatic rings. The Balaban J connectivity index is 1.17. The number of rotatable bonds is 23. The van der Waals surface area contributed by atoms with E-state index in [1.54, 1.807) is 39.1 Å². The van der Waals surface area contributed by atoms with Crippen molar-refractivity contribution in [3.05, 3.63) is 98.3 Å². The number of anilines is 1. The highest BCUT2D eigenvalue weighted by Crippen LogP contribution is 2.50. The first-order valence-electron chi connectivity index (χ1n) is 29.3. The highest BCUT2D eigenvalue weighted by Gasteiger charge is 2.64. The molecule has 10 atom stereocenters. The largest absolute Gasteiger partial charge is 0.462 e. The van der Waals surface area contributed by atoms with E-state index in [1.807, 2.05) is 39.8 Å². The number of hydrogen-bond acceptors (Lipinski definition) is 15. The smallest absolute Gasteiger partial charge is 0.328 e. The zero-order chi connectivity index (χ0) is 64.4. The standard InChI is InChI=1S/C63H81Cl2FN6O14S/c1-34(2)42(29-41(87)17-12-11-13-23-72-52(74)20-21-53(72)75)58(78)69-46(18-15-22-68-61(67)81)48(73)28-40-27-44(64)43(30-45(40)66)59(79)70(8)38(6)60(80)85-51-31-54(76)71(9)47-26-39(25-36(4)56(47)65)24-35(3)16-14-19-50(83-10)63(82)32-49(84-55(77)33-63)37(5)57-62(51,7)86-57/h14,16,19-21,25-27,30,34,37-38,42,46,49-51,57,82H,11-13,15,17-18,22-24,28-29,31-33H2,1-10H3,(H,69,78)(H3,67,68,81)/b19-14+,35-16+/t37-,38+,42+,46+,49+,50-,51+,57+,62+,63-/m1/s1. The third-order valence-electron chi connectivity index (χ3n) is 16.9. The summed E-state index contributed by atoms with van der Waals surface area (Å²) in [7, 11) is 4.26. The summed E-state index contributed by atoms with van der Waals surface area (Å²) in [5, 5.41) is 17.4. The van der Waals surface area contributed by atoms with Crippen LogP contribution in [-0.4, -0.2) is 155 Å². The highest BCUT2D eigenvalue weighted by atomic mass is 35.5. The van der Waals surface area contributed by atoms with Gasteiger partial charge < -0.3 is 50.2 Å². The number of allylic oxidation sites excluding steroid dienone is 3. The van der Waals surface area contributed by atoms with Gasteiger partial charge in [0.15, 0.2) is 5.78 Å². The van der Waals surface area contributed by atoms with Gasteiger partial charge in [-0.1, -0.05) is 92.5 Å². The predicted octanol–water partition coefficient (Wildman–Crippen LogP) is 7.73. The number of epoxide rings is 1. The molecule has 4 heterocycles. The van der Waals surface area contributed by atoms with Gasteiger partial charge in [0.25, 0.3) is 17.7 Å². The molecule has 87 heavy (non-hydrogen) atoms. The maximum absolute atomic E-state index is 16.3. The van der Waals surface area contributed by atoms with Crippen LogP contribution in [0.4, 0.5) is 14.9 Å². The Labute approximate surface area is 523 Å². The number of hydrogen-bond donors (Lipinski definition) is 4. The third-order valence-corrected chi connectivity index (χ3v) is 18.1. The van der Waals surface area contributed by atoms with Crippen molar-refractivity contribution in [1.29, 1.82) is 0 Å². The number of aliphatic hydroxyl groups is 1. The lowest BCUT2D eigenvalue weighted by Crippen LogP contribution is -2.53. The minimum atomic E-state index is -1.67. The van der Waals surface area contributed by atoms with Gasteiger partial charge >= 0.3 is 18.0 Å². The summed E-state index contributed by atoms with van der Waals surface area (Å²) in [4.78, 5) is 124. The van der Waals surface area contributed by atoms with Gasteiger partial charge in [0.1, 0.15) is 41.4 Å². The fraction of sp³-hybridized carbons (Fsp3) is 0.556. The maximum Gasteiger partial charge on any atom is 0.328 e. The van der Waals surface area contributed by atoms with Crippen LogP contribution in [0, 0.1) is 30.5 Å². The molecule has 0 spiro atoms. The first-order valence-corrected chi connectivity index (χ1v) is 30.4. The normalized spacial score (nSPS) is 25.1. The number of esters is 2. The van der Waals surface area contributed by atoms with Crippen molar-refractivity contribution in [2.24, 2.45) is 23.5 Å². The fourth-order valence-electron chi connectivity index (χ4n) is 11.4. The van der Waals surface area contributed by atoms with E-state index < -0.39 is 120 Å². The van der Waals surface area contributed by atoms with Crippen molar-refractivity contribution in [3.63, 3.8) is 0 Å². The zero-order valence-electron chi connectivity index (χ0n) is 51.0. The Kier molecular flexibility index (Phi) is 24.2. The van der Waals surface area contributed by atoms with E-state index in [0.29, 0.717) is 53.2 Å². The first kappa shape index (κ1) is 69.7. The molecule has 7 amide bonds. The average Bonchev–Trinajstić information content (AvgIpc) is 1.61. The van der Waals surface area contributed by atoms with Crippen LogP contribution in [0.2, 0.25) is 10.0 Å². The number of amides is 7. The molecule has 20 nitrogen and oxygen atoms in total. The van der Waals surface area contributed by atoms with E-state index >= 15 is 4.39 Å². The molecule has 2 fully saturated rings. The molecule has 4 bridgehead atoms. The Morgan fingerprint density at radius 3 is 2.36 bits per heavy atom. The summed E-state index contributed by atoms with van der Waals surface area (Å²) in [5.41, 5.74) is 4.52. The molecule has 0 aliphatic carbocycles. The predicted molar refractivity (Wildman–Crippen MR) is 328 cm³/mol. The van der Waals surface area contributed by atoms with Gasteiger partial charge in [-0.3, -0.25) is 38.5 Å². The van der Waals surface area contributed by atoms with Crippen molar-refractivity contribution >= 4 is 99.3 Å². The van der Waals surface area contributed by atoms with Crippen LogP contribution in [-0.2, 0) is 65.4 Å². The average molecular weight is 1270 g/mol. The number of benzene rings is 2. The van der Waals surface area contributed by atoms with E-state index in [9.17, 15) is 48.3 Å². The summed E-state index contributed by atoms with van der Waals surface area (Å²) >= 11 is 19.2. The number of nitrogens with two attached hydrogens (primary N) is 1. The van der Waals surface area contributed by atoms with Crippen LogP contribution in [0.15, 0.2) is 60.2 Å². The van der Waals surface area contributed by atoms with E-state index in [4.69, 9.17) is 60.1 Å². The summed E-state index contributed by atoms with van der Waals surface area (Å²) in [6.45, 7) is 12.6. The van der Waals surface area contributed by atoms with Gasteiger partial charge in [0.2, 0.25) is 11.8 Å². The Hall–Kier alpha value is -6.43. The van der Waals surface area contributed by atoms with Gasteiger partial charge in [0.05, 0.1) is 46.3 Å². The lowest BCUT2D eigenvalue weighted by atomic mass is 9.78. The third kappa shape index (κ3) is 17.7.